The number of aromatic nitrogens is 1. The average molecular weight is 444 g/mol. The quantitative estimate of drug-likeness (QED) is 0.443. The van der Waals surface area contributed by atoms with Gasteiger partial charge < -0.3 is 20.1 Å². The molecule has 2 amide bonds. The van der Waals surface area contributed by atoms with Crippen molar-refractivity contribution in [3.8, 4) is 11.5 Å². The third-order valence-electron chi connectivity index (χ3n) is 5.41. The molecule has 32 heavy (non-hydrogen) atoms. The second-order valence-electron chi connectivity index (χ2n) is 7.28. The van der Waals surface area contributed by atoms with Crippen LogP contribution in [0, 0.1) is 0 Å². The molecular formula is C25H21N3O3S. The highest BCUT2D eigenvalue weighted by Gasteiger charge is 2.34. The summed E-state index contributed by atoms with van der Waals surface area (Å²) in [6.45, 7) is 0. The van der Waals surface area contributed by atoms with Crippen LogP contribution in [0.1, 0.15) is 22.2 Å². The summed E-state index contributed by atoms with van der Waals surface area (Å²) in [5, 5.41) is 6.92. The molecule has 2 heterocycles. The molecule has 0 saturated carbocycles. The summed E-state index contributed by atoms with van der Waals surface area (Å²) < 4.78 is 12.2. The van der Waals surface area contributed by atoms with Crippen molar-refractivity contribution < 1.29 is 14.3 Å². The van der Waals surface area contributed by atoms with Gasteiger partial charge in [0.15, 0.2) is 0 Å². The van der Waals surface area contributed by atoms with Gasteiger partial charge in [0.1, 0.15) is 16.5 Å². The van der Waals surface area contributed by atoms with Gasteiger partial charge in [-0.05, 0) is 35.9 Å². The predicted molar refractivity (Wildman–Crippen MR) is 127 cm³/mol. The molecule has 0 fully saturated rings. The number of ether oxygens (including phenoxy) is 2. The summed E-state index contributed by atoms with van der Waals surface area (Å²) in [6, 6.07) is 22.6. The number of amides is 2. The highest BCUT2D eigenvalue weighted by molar-refractivity contribution is 7.19. The minimum Gasteiger partial charge on any atom is -0.497 e. The number of hydrogen-bond donors (Lipinski definition) is 2. The molecule has 0 saturated heterocycles. The van der Waals surface area contributed by atoms with Gasteiger partial charge in [0.25, 0.3) is 0 Å². The zero-order valence-electron chi connectivity index (χ0n) is 17.6. The number of nitrogens with zero attached hydrogens (tertiary/aromatic N) is 1. The zero-order valence-corrected chi connectivity index (χ0v) is 18.4. The van der Waals surface area contributed by atoms with Crippen molar-refractivity contribution in [2.24, 2.45) is 0 Å². The number of thiazole rings is 1. The van der Waals surface area contributed by atoms with Crippen molar-refractivity contribution in [2.45, 2.75) is 6.04 Å². The predicted octanol–water partition coefficient (Wildman–Crippen LogP) is 5.24. The van der Waals surface area contributed by atoms with Gasteiger partial charge in [-0.15, -0.1) is 11.3 Å². The first-order valence-electron chi connectivity index (χ1n) is 10.1. The van der Waals surface area contributed by atoms with E-state index < -0.39 is 6.04 Å². The summed E-state index contributed by atoms with van der Waals surface area (Å²) in [7, 11) is 3.24. The fourth-order valence-corrected chi connectivity index (χ4v) is 4.96. The van der Waals surface area contributed by atoms with Crippen LogP contribution in [-0.2, 0) is 0 Å². The Kier molecular flexibility index (Phi) is 5.25. The standard InChI is InChI=1S/C25H21N3O3S/c1-30-16-12-13-19(31-2)17(14-16)23-21(24-26-18-10-6-7-11-20(18)32-24)22(27-25(29)28-23)15-8-4-3-5-9-15/h3-14,23H,1-2H3,(H2,27,28,29). The van der Waals surface area contributed by atoms with E-state index in [4.69, 9.17) is 14.5 Å². The van der Waals surface area contributed by atoms with Crippen LogP contribution in [0.2, 0.25) is 0 Å². The summed E-state index contributed by atoms with van der Waals surface area (Å²) in [4.78, 5) is 17.7. The normalized spacial score (nSPS) is 15.9. The van der Waals surface area contributed by atoms with Crippen molar-refractivity contribution in [1.82, 2.24) is 15.6 Å². The Morgan fingerprint density at radius 2 is 1.72 bits per heavy atom. The van der Waals surface area contributed by atoms with Crippen LogP contribution in [0.25, 0.3) is 21.5 Å². The van der Waals surface area contributed by atoms with E-state index in [-0.39, 0.29) is 6.03 Å². The van der Waals surface area contributed by atoms with E-state index in [1.807, 2.05) is 66.7 Å². The molecule has 7 heteroatoms. The Hall–Kier alpha value is -3.84. The monoisotopic (exact) mass is 443 g/mol. The number of fused-ring (bicyclic) bond motifs is 1. The summed E-state index contributed by atoms with van der Waals surface area (Å²) in [5.41, 5.74) is 4.22. The van der Waals surface area contributed by atoms with E-state index in [1.54, 1.807) is 25.6 Å². The van der Waals surface area contributed by atoms with E-state index >= 15 is 0 Å². The van der Waals surface area contributed by atoms with Crippen LogP contribution in [0.5, 0.6) is 11.5 Å². The molecule has 5 rings (SSSR count). The minimum absolute atomic E-state index is 0.288. The van der Waals surface area contributed by atoms with Crippen molar-refractivity contribution >= 4 is 38.9 Å². The highest BCUT2D eigenvalue weighted by atomic mass is 32.1. The highest BCUT2D eigenvalue weighted by Crippen LogP contribution is 2.43. The second kappa shape index (κ2) is 8.36. The lowest BCUT2D eigenvalue weighted by molar-refractivity contribution is 0.242. The molecule has 1 aliphatic rings. The molecule has 0 radical (unpaired) electrons. The summed E-state index contributed by atoms with van der Waals surface area (Å²) in [5.74, 6) is 1.34. The van der Waals surface area contributed by atoms with Crippen molar-refractivity contribution in [3.05, 3.63) is 88.9 Å². The van der Waals surface area contributed by atoms with E-state index in [2.05, 4.69) is 16.7 Å². The summed E-state index contributed by atoms with van der Waals surface area (Å²) in [6.07, 6.45) is 0. The molecule has 0 spiro atoms. The SMILES string of the molecule is COc1ccc(OC)c(C2NC(=O)NC(c3ccccc3)=C2c2nc3ccccc3s2)c1. The molecular weight excluding hydrogens is 422 g/mol. The first kappa shape index (κ1) is 20.1. The topological polar surface area (TPSA) is 72.5 Å². The second-order valence-corrected chi connectivity index (χ2v) is 8.31. The van der Waals surface area contributed by atoms with Gasteiger partial charge in [0.2, 0.25) is 0 Å². The van der Waals surface area contributed by atoms with Gasteiger partial charge in [-0.25, -0.2) is 9.78 Å². The summed E-state index contributed by atoms with van der Waals surface area (Å²) >= 11 is 1.59. The number of benzene rings is 3. The van der Waals surface area contributed by atoms with Crippen LogP contribution < -0.4 is 20.1 Å². The van der Waals surface area contributed by atoms with Crippen molar-refractivity contribution in [3.63, 3.8) is 0 Å². The molecule has 0 aliphatic carbocycles. The Labute approximate surface area is 189 Å². The number of nitrogens with one attached hydrogen (secondary N) is 2. The largest absolute Gasteiger partial charge is 0.497 e. The number of urea groups is 1. The van der Waals surface area contributed by atoms with Crippen LogP contribution in [0.15, 0.2) is 72.8 Å². The third-order valence-corrected chi connectivity index (χ3v) is 6.48. The van der Waals surface area contributed by atoms with E-state index in [0.29, 0.717) is 11.5 Å². The van der Waals surface area contributed by atoms with E-state index in [0.717, 1.165) is 37.6 Å². The maximum Gasteiger partial charge on any atom is 0.320 e. The fourth-order valence-electron chi connectivity index (χ4n) is 3.91. The molecule has 4 aromatic rings. The number of rotatable bonds is 5. The minimum atomic E-state index is -0.482. The number of methoxy groups -OCH3 is 2. The smallest absolute Gasteiger partial charge is 0.320 e. The molecule has 1 aliphatic heterocycles. The van der Waals surface area contributed by atoms with Crippen LogP contribution in [0.4, 0.5) is 4.79 Å². The molecule has 1 unspecified atom stereocenters. The molecule has 0 bridgehead atoms. The van der Waals surface area contributed by atoms with Crippen molar-refractivity contribution in [1.29, 1.82) is 0 Å². The van der Waals surface area contributed by atoms with Gasteiger partial charge in [-0.3, -0.25) is 0 Å². The Morgan fingerprint density at radius 3 is 2.47 bits per heavy atom. The van der Waals surface area contributed by atoms with Gasteiger partial charge in [-0.1, -0.05) is 42.5 Å². The van der Waals surface area contributed by atoms with Gasteiger partial charge in [0.05, 0.1) is 36.2 Å². The van der Waals surface area contributed by atoms with Gasteiger partial charge in [-0.2, -0.15) is 0 Å². The van der Waals surface area contributed by atoms with E-state index in [9.17, 15) is 4.79 Å². The lowest BCUT2D eigenvalue weighted by Crippen LogP contribution is -2.43. The Bertz CT molecular complexity index is 1300. The number of para-hydroxylation sites is 1. The lowest BCUT2D eigenvalue weighted by Gasteiger charge is -2.30. The number of hydrogen-bond acceptors (Lipinski definition) is 5. The first-order chi connectivity index (χ1) is 15.7. The Morgan fingerprint density at radius 1 is 0.938 bits per heavy atom. The molecule has 2 N–H and O–H groups in total. The lowest BCUT2D eigenvalue weighted by atomic mass is 9.92. The molecule has 1 aromatic heterocycles. The molecule has 6 nitrogen and oxygen atoms in total. The maximum absolute atomic E-state index is 12.8. The van der Waals surface area contributed by atoms with Crippen LogP contribution in [-0.4, -0.2) is 25.2 Å². The van der Waals surface area contributed by atoms with Crippen LogP contribution in [0.3, 0.4) is 0 Å². The van der Waals surface area contributed by atoms with Gasteiger partial charge >= 0.3 is 6.03 Å². The van der Waals surface area contributed by atoms with Crippen molar-refractivity contribution in [2.75, 3.05) is 14.2 Å². The Balaban J connectivity index is 1.79. The number of carbonyl (C=O) groups is 1. The van der Waals surface area contributed by atoms with Gasteiger partial charge in [0, 0.05) is 11.1 Å². The molecule has 160 valence electrons. The average Bonchev–Trinajstić information content (AvgIpc) is 3.27. The maximum atomic E-state index is 12.8. The van der Waals surface area contributed by atoms with E-state index in [1.165, 1.54) is 0 Å². The molecule has 1 atom stereocenters. The number of carbonyl (C=O) groups excluding carboxylic acids is 1. The zero-order chi connectivity index (χ0) is 22.1. The van der Waals surface area contributed by atoms with Crippen LogP contribution >= 0.6 is 11.3 Å². The third kappa shape index (κ3) is 3.56. The molecule has 3 aromatic carbocycles. The first-order valence-corrected chi connectivity index (χ1v) is 10.9. The fraction of sp³-hybridized carbons (Fsp3) is 0.120.